The molecule has 0 fully saturated rings. The molecule has 0 heterocycles. The van der Waals surface area contributed by atoms with Gasteiger partial charge in [0, 0.05) is 24.3 Å². The Bertz CT molecular complexity index is 327. The molecule has 1 rings (SSSR count). The van der Waals surface area contributed by atoms with Gasteiger partial charge in [-0.3, -0.25) is 0 Å². The van der Waals surface area contributed by atoms with Gasteiger partial charge in [-0.25, -0.2) is 8.78 Å². The van der Waals surface area contributed by atoms with Gasteiger partial charge < -0.3 is 9.47 Å². The molecule has 78 valence electrons. The van der Waals surface area contributed by atoms with Crippen molar-refractivity contribution < 1.29 is 18.3 Å². The minimum absolute atomic E-state index is 0.408. The van der Waals surface area contributed by atoms with Crippen molar-refractivity contribution in [2.24, 2.45) is 0 Å². The normalized spacial score (nSPS) is 11.0. The summed E-state index contributed by atoms with van der Waals surface area (Å²) in [4.78, 5) is 0. The number of benzene rings is 1. The van der Waals surface area contributed by atoms with Crippen molar-refractivity contribution in [3.8, 4) is 0 Å². The highest BCUT2D eigenvalue weighted by atomic mass is 79.9. The van der Waals surface area contributed by atoms with Crippen LogP contribution in [0.4, 0.5) is 8.78 Å². The fourth-order valence-corrected chi connectivity index (χ4v) is 1.57. The lowest BCUT2D eigenvalue weighted by atomic mass is 10.2. The lowest BCUT2D eigenvalue weighted by Gasteiger charge is -2.15. The molecule has 0 radical (unpaired) electrons. The molecule has 5 heteroatoms. The molecule has 0 amide bonds. The molecule has 0 atom stereocenters. The van der Waals surface area contributed by atoms with E-state index in [-0.39, 0.29) is 0 Å². The van der Waals surface area contributed by atoms with Crippen LogP contribution in [0.25, 0.3) is 0 Å². The summed E-state index contributed by atoms with van der Waals surface area (Å²) in [6, 6.07) is 2.08. The Kier molecular flexibility index (Phi) is 3.97. The Balaban J connectivity index is 3.14. The fraction of sp³-hybridized carbons (Fsp3) is 0.333. The second kappa shape index (κ2) is 4.82. The average Bonchev–Trinajstić information content (AvgIpc) is 2.15. The van der Waals surface area contributed by atoms with Crippen LogP contribution in [-0.4, -0.2) is 14.2 Å². The molecule has 0 aromatic heterocycles. The highest BCUT2D eigenvalue weighted by Crippen LogP contribution is 2.28. The van der Waals surface area contributed by atoms with Crippen molar-refractivity contribution in [2.45, 2.75) is 6.29 Å². The van der Waals surface area contributed by atoms with E-state index in [0.29, 0.717) is 10.0 Å². The van der Waals surface area contributed by atoms with Crippen LogP contribution in [0.15, 0.2) is 16.6 Å². The molecule has 14 heavy (non-hydrogen) atoms. The highest BCUT2D eigenvalue weighted by Gasteiger charge is 2.16. The summed E-state index contributed by atoms with van der Waals surface area (Å²) in [6.45, 7) is 0. The van der Waals surface area contributed by atoms with E-state index in [1.54, 1.807) is 0 Å². The van der Waals surface area contributed by atoms with Crippen molar-refractivity contribution in [1.29, 1.82) is 0 Å². The van der Waals surface area contributed by atoms with Gasteiger partial charge in [0.15, 0.2) is 17.9 Å². The van der Waals surface area contributed by atoms with Gasteiger partial charge in [0.2, 0.25) is 0 Å². The third-order valence-corrected chi connectivity index (χ3v) is 2.41. The molecule has 0 aliphatic carbocycles. The lowest BCUT2D eigenvalue weighted by molar-refractivity contribution is -0.106. The number of rotatable bonds is 3. The van der Waals surface area contributed by atoms with Crippen LogP contribution in [0.3, 0.4) is 0 Å². The molecule has 0 bridgehead atoms. The predicted molar refractivity (Wildman–Crippen MR) is 50.8 cm³/mol. The predicted octanol–water partition coefficient (Wildman–Crippen LogP) is 3.02. The Morgan fingerprint density at radius 1 is 1.14 bits per heavy atom. The quantitative estimate of drug-likeness (QED) is 0.619. The van der Waals surface area contributed by atoms with Gasteiger partial charge in [0.05, 0.1) is 0 Å². The SMILES string of the molecule is COC(OC)c1cc(F)c(F)cc1Br. The van der Waals surface area contributed by atoms with E-state index in [1.165, 1.54) is 14.2 Å². The largest absolute Gasteiger partial charge is 0.352 e. The van der Waals surface area contributed by atoms with Crippen LogP contribution in [0.2, 0.25) is 0 Å². The van der Waals surface area contributed by atoms with Crippen LogP contribution in [-0.2, 0) is 9.47 Å². The number of methoxy groups -OCH3 is 2. The average molecular weight is 267 g/mol. The summed E-state index contributed by atoms with van der Waals surface area (Å²) in [5, 5.41) is 0. The van der Waals surface area contributed by atoms with Gasteiger partial charge in [0.25, 0.3) is 0 Å². The van der Waals surface area contributed by atoms with Gasteiger partial charge in [0.1, 0.15) is 0 Å². The zero-order valence-electron chi connectivity index (χ0n) is 7.68. The van der Waals surface area contributed by atoms with E-state index in [4.69, 9.17) is 9.47 Å². The molecule has 0 unspecified atom stereocenters. The second-order valence-corrected chi connectivity index (χ2v) is 3.45. The first-order valence-corrected chi connectivity index (χ1v) is 4.59. The molecule has 0 N–H and O–H groups in total. The number of hydrogen-bond acceptors (Lipinski definition) is 2. The molecule has 1 aromatic rings. The molecule has 0 saturated carbocycles. The van der Waals surface area contributed by atoms with Crippen LogP contribution in [0.1, 0.15) is 11.9 Å². The van der Waals surface area contributed by atoms with E-state index in [2.05, 4.69) is 15.9 Å². The molecule has 0 aliphatic rings. The molecule has 2 nitrogen and oxygen atoms in total. The zero-order chi connectivity index (χ0) is 10.7. The number of hydrogen-bond donors (Lipinski definition) is 0. The topological polar surface area (TPSA) is 18.5 Å². The van der Waals surface area contributed by atoms with Crippen molar-refractivity contribution in [1.82, 2.24) is 0 Å². The molecular formula is C9H9BrF2O2. The minimum atomic E-state index is -0.928. The van der Waals surface area contributed by atoms with Gasteiger partial charge >= 0.3 is 0 Å². The molecular weight excluding hydrogens is 258 g/mol. The Labute approximate surface area is 89.0 Å². The standard InChI is InChI=1S/C9H9BrF2O2/c1-13-9(14-2)5-3-7(11)8(12)4-6(5)10/h3-4,9H,1-2H3. The maximum atomic E-state index is 12.9. The van der Waals surface area contributed by atoms with Crippen LogP contribution in [0.5, 0.6) is 0 Å². The van der Waals surface area contributed by atoms with Crippen LogP contribution >= 0.6 is 15.9 Å². The zero-order valence-corrected chi connectivity index (χ0v) is 9.27. The number of halogens is 3. The first kappa shape index (κ1) is 11.6. The third-order valence-electron chi connectivity index (χ3n) is 1.72. The molecule has 0 spiro atoms. The van der Waals surface area contributed by atoms with E-state index < -0.39 is 17.9 Å². The molecule has 0 aliphatic heterocycles. The molecule has 0 saturated heterocycles. The van der Waals surface area contributed by atoms with Crippen molar-refractivity contribution >= 4 is 15.9 Å². The Morgan fingerprint density at radius 3 is 2.14 bits per heavy atom. The van der Waals surface area contributed by atoms with Crippen molar-refractivity contribution in [3.05, 3.63) is 33.8 Å². The van der Waals surface area contributed by atoms with Gasteiger partial charge in [-0.2, -0.15) is 0 Å². The summed E-state index contributed by atoms with van der Waals surface area (Å²) in [6.07, 6.45) is -0.709. The van der Waals surface area contributed by atoms with E-state index in [0.717, 1.165) is 12.1 Å². The summed E-state index contributed by atoms with van der Waals surface area (Å²) in [5.74, 6) is -1.84. The van der Waals surface area contributed by atoms with Crippen LogP contribution in [0, 0.1) is 11.6 Å². The lowest BCUT2D eigenvalue weighted by Crippen LogP contribution is -2.05. The highest BCUT2D eigenvalue weighted by molar-refractivity contribution is 9.10. The number of ether oxygens (including phenoxy) is 2. The van der Waals surface area contributed by atoms with E-state index in [1.807, 2.05) is 0 Å². The maximum absolute atomic E-state index is 12.9. The second-order valence-electron chi connectivity index (χ2n) is 2.59. The first-order valence-electron chi connectivity index (χ1n) is 3.80. The summed E-state index contributed by atoms with van der Waals surface area (Å²) in [5.41, 5.74) is 0.411. The van der Waals surface area contributed by atoms with E-state index in [9.17, 15) is 8.78 Å². The summed E-state index contributed by atoms with van der Waals surface area (Å²) < 4.78 is 35.9. The maximum Gasteiger partial charge on any atom is 0.184 e. The Hall–Kier alpha value is -0.520. The molecule has 1 aromatic carbocycles. The monoisotopic (exact) mass is 266 g/mol. The van der Waals surface area contributed by atoms with Gasteiger partial charge in [-0.15, -0.1) is 0 Å². The first-order chi connectivity index (χ1) is 6.60. The van der Waals surface area contributed by atoms with Crippen molar-refractivity contribution in [2.75, 3.05) is 14.2 Å². The summed E-state index contributed by atoms with van der Waals surface area (Å²) >= 11 is 3.10. The third kappa shape index (κ3) is 2.29. The van der Waals surface area contributed by atoms with Crippen molar-refractivity contribution in [3.63, 3.8) is 0 Å². The Morgan fingerprint density at radius 2 is 1.64 bits per heavy atom. The fourth-order valence-electron chi connectivity index (χ4n) is 1.07. The minimum Gasteiger partial charge on any atom is -0.352 e. The smallest absolute Gasteiger partial charge is 0.184 e. The van der Waals surface area contributed by atoms with Gasteiger partial charge in [-0.1, -0.05) is 15.9 Å². The summed E-state index contributed by atoms with van der Waals surface area (Å²) in [7, 11) is 2.84. The van der Waals surface area contributed by atoms with Gasteiger partial charge in [-0.05, 0) is 12.1 Å². The van der Waals surface area contributed by atoms with Crippen LogP contribution < -0.4 is 0 Å². The van der Waals surface area contributed by atoms with E-state index >= 15 is 0 Å².